The van der Waals surface area contributed by atoms with Gasteiger partial charge >= 0.3 is 0 Å². The number of nitrogens with one attached hydrogen (secondary N) is 2. The number of anilines is 1. The Kier molecular flexibility index (Phi) is 3.06. The Hall–Kier alpha value is -2.49. The van der Waals surface area contributed by atoms with Gasteiger partial charge in [0.15, 0.2) is 0 Å². The van der Waals surface area contributed by atoms with E-state index in [4.69, 9.17) is 4.74 Å². The van der Waals surface area contributed by atoms with Crippen LogP contribution in [0.2, 0.25) is 0 Å². The third-order valence-corrected chi connectivity index (χ3v) is 3.44. The third kappa shape index (κ3) is 2.09. The maximum absolute atomic E-state index is 12.2. The van der Waals surface area contributed by atoms with Crippen LogP contribution in [0.25, 0.3) is 0 Å². The molecule has 2 N–H and O–H groups in total. The SMILES string of the molecule is COc1ccc(C)cc1C1NC(=O)c2ccccc2N1. The third-order valence-electron chi connectivity index (χ3n) is 3.44. The summed E-state index contributed by atoms with van der Waals surface area (Å²) >= 11 is 0. The molecule has 0 spiro atoms. The van der Waals surface area contributed by atoms with E-state index in [-0.39, 0.29) is 12.1 Å². The minimum absolute atomic E-state index is 0.0760. The molecule has 0 aromatic heterocycles. The highest BCUT2D eigenvalue weighted by Gasteiger charge is 2.26. The lowest BCUT2D eigenvalue weighted by atomic mass is 10.0. The van der Waals surface area contributed by atoms with Gasteiger partial charge in [0.1, 0.15) is 11.9 Å². The predicted molar refractivity (Wildman–Crippen MR) is 78.0 cm³/mol. The number of hydrogen-bond donors (Lipinski definition) is 2. The summed E-state index contributed by atoms with van der Waals surface area (Å²) in [5.74, 6) is 0.681. The van der Waals surface area contributed by atoms with Crippen molar-refractivity contribution in [3.8, 4) is 5.75 Å². The number of amides is 1. The fraction of sp³-hybridized carbons (Fsp3) is 0.188. The first-order valence-electron chi connectivity index (χ1n) is 6.50. The monoisotopic (exact) mass is 268 g/mol. The Labute approximate surface area is 117 Å². The van der Waals surface area contributed by atoms with Gasteiger partial charge in [0.2, 0.25) is 0 Å². The quantitative estimate of drug-likeness (QED) is 0.880. The van der Waals surface area contributed by atoms with Crippen LogP contribution in [-0.2, 0) is 0 Å². The summed E-state index contributed by atoms with van der Waals surface area (Å²) in [7, 11) is 1.63. The Morgan fingerprint density at radius 2 is 1.90 bits per heavy atom. The summed E-state index contributed by atoms with van der Waals surface area (Å²) < 4.78 is 5.39. The highest BCUT2D eigenvalue weighted by molar-refractivity contribution is 6.01. The largest absolute Gasteiger partial charge is 0.496 e. The second-order valence-electron chi connectivity index (χ2n) is 4.84. The second kappa shape index (κ2) is 4.89. The van der Waals surface area contributed by atoms with E-state index in [1.807, 2.05) is 43.3 Å². The number of methoxy groups -OCH3 is 1. The number of para-hydroxylation sites is 1. The van der Waals surface area contributed by atoms with Crippen molar-refractivity contribution >= 4 is 11.6 Å². The number of carbonyl (C=O) groups is 1. The van der Waals surface area contributed by atoms with Crippen LogP contribution in [0.15, 0.2) is 42.5 Å². The summed E-state index contributed by atoms with van der Waals surface area (Å²) in [5.41, 5.74) is 3.55. The van der Waals surface area contributed by atoms with Crippen LogP contribution in [0.3, 0.4) is 0 Å². The maximum atomic E-state index is 12.2. The van der Waals surface area contributed by atoms with Crippen LogP contribution in [0, 0.1) is 6.92 Å². The molecule has 0 saturated carbocycles. The number of rotatable bonds is 2. The average molecular weight is 268 g/mol. The van der Waals surface area contributed by atoms with E-state index in [2.05, 4.69) is 10.6 Å². The molecule has 4 nitrogen and oxygen atoms in total. The number of ether oxygens (including phenoxy) is 1. The van der Waals surface area contributed by atoms with Crippen LogP contribution >= 0.6 is 0 Å². The van der Waals surface area contributed by atoms with Gasteiger partial charge in [0, 0.05) is 11.3 Å². The Morgan fingerprint density at radius 1 is 1.10 bits per heavy atom. The number of aryl methyl sites for hydroxylation is 1. The van der Waals surface area contributed by atoms with Gasteiger partial charge in [-0.15, -0.1) is 0 Å². The summed E-state index contributed by atoms with van der Waals surface area (Å²) in [6.07, 6.45) is -0.285. The lowest BCUT2D eigenvalue weighted by Gasteiger charge is -2.29. The number of fused-ring (bicyclic) bond motifs is 1. The predicted octanol–water partition coefficient (Wildman–Crippen LogP) is 2.86. The smallest absolute Gasteiger partial charge is 0.255 e. The zero-order chi connectivity index (χ0) is 14.1. The molecule has 2 aromatic rings. The zero-order valence-electron chi connectivity index (χ0n) is 11.4. The normalized spacial score (nSPS) is 16.9. The maximum Gasteiger partial charge on any atom is 0.255 e. The molecule has 2 aromatic carbocycles. The molecule has 1 aliphatic heterocycles. The van der Waals surface area contributed by atoms with E-state index in [0.717, 1.165) is 22.6 Å². The molecular weight excluding hydrogens is 252 g/mol. The van der Waals surface area contributed by atoms with Crippen molar-refractivity contribution < 1.29 is 9.53 Å². The molecule has 0 fully saturated rings. The molecule has 1 heterocycles. The number of benzene rings is 2. The van der Waals surface area contributed by atoms with E-state index in [1.165, 1.54) is 0 Å². The van der Waals surface area contributed by atoms with Crippen molar-refractivity contribution in [3.05, 3.63) is 59.2 Å². The van der Waals surface area contributed by atoms with Crippen molar-refractivity contribution in [2.45, 2.75) is 13.1 Å². The van der Waals surface area contributed by atoms with Crippen LogP contribution in [-0.4, -0.2) is 13.0 Å². The van der Waals surface area contributed by atoms with Gasteiger partial charge in [-0.25, -0.2) is 0 Å². The lowest BCUT2D eigenvalue weighted by molar-refractivity contribution is 0.0935. The number of hydrogen-bond acceptors (Lipinski definition) is 3. The van der Waals surface area contributed by atoms with Gasteiger partial charge in [-0.2, -0.15) is 0 Å². The van der Waals surface area contributed by atoms with E-state index in [9.17, 15) is 4.79 Å². The molecule has 4 heteroatoms. The number of carbonyl (C=O) groups excluding carboxylic acids is 1. The molecule has 0 radical (unpaired) electrons. The lowest BCUT2D eigenvalue weighted by Crippen LogP contribution is -2.38. The first-order chi connectivity index (χ1) is 9.69. The molecule has 3 rings (SSSR count). The Bertz CT molecular complexity index is 667. The van der Waals surface area contributed by atoms with Gasteiger partial charge < -0.3 is 15.4 Å². The van der Waals surface area contributed by atoms with Crippen LogP contribution in [0.1, 0.15) is 27.7 Å². The van der Waals surface area contributed by atoms with E-state index in [0.29, 0.717) is 5.56 Å². The minimum atomic E-state index is -0.285. The summed E-state index contributed by atoms with van der Waals surface area (Å²) in [5, 5.41) is 6.29. The van der Waals surface area contributed by atoms with E-state index in [1.54, 1.807) is 13.2 Å². The van der Waals surface area contributed by atoms with Crippen molar-refractivity contribution in [1.29, 1.82) is 0 Å². The topological polar surface area (TPSA) is 50.4 Å². The van der Waals surface area contributed by atoms with E-state index < -0.39 is 0 Å². The molecule has 102 valence electrons. The molecular formula is C16H16N2O2. The van der Waals surface area contributed by atoms with Crippen molar-refractivity contribution in [2.75, 3.05) is 12.4 Å². The fourth-order valence-corrected chi connectivity index (χ4v) is 2.44. The molecule has 0 aliphatic carbocycles. The second-order valence-corrected chi connectivity index (χ2v) is 4.84. The molecule has 0 saturated heterocycles. The first kappa shape index (κ1) is 12.5. The minimum Gasteiger partial charge on any atom is -0.496 e. The van der Waals surface area contributed by atoms with Gasteiger partial charge in [-0.1, -0.05) is 23.8 Å². The van der Waals surface area contributed by atoms with Crippen LogP contribution < -0.4 is 15.4 Å². The van der Waals surface area contributed by atoms with Crippen molar-refractivity contribution in [3.63, 3.8) is 0 Å². The highest BCUT2D eigenvalue weighted by Crippen LogP contribution is 2.31. The Balaban J connectivity index is 2.02. The van der Waals surface area contributed by atoms with Crippen molar-refractivity contribution in [2.24, 2.45) is 0 Å². The molecule has 1 amide bonds. The summed E-state index contributed by atoms with van der Waals surface area (Å²) in [6, 6.07) is 13.4. The molecule has 1 aliphatic rings. The first-order valence-corrected chi connectivity index (χ1v) is 6.50. The van der Waals surface area contributed by atoms with Crippen molar-refractivity contribution in [1.82, 2.24) is 5.32 Å². The standard InChI is InChI=1S/C16H16N2O2/c1-10-7-8-14(20-2)12(9-10)15-17-13-6-4-3-5-11(13)16(19)18-15/h3-9,15,17H,1-2H3,(H,18,19). The van der Waals surface area contributed by atoms with Gasteiger partial charge in [0.25, 0.3) is 5.91 Å². The molecule has 0 bridgehead atoms. The van der Waals surface area contributed by atoms with Gasteiger partial charge in [0.05, 0.1) is 12.7 Å². The summed E-state index contributed by atoms with van der Waals surface area (Å²) in [4.78, 5) is 12.2. The summed E-state index contributed by atoms with van der Waals surface area (Å²) in [6.45, 7) is 2.02. The van der Waals surface area contributed by atoms with Crippen LogP contribution in [0.4, 0.5) is 5.69 Å². The van der Waals surface area contributed by atoms with Gasteiger partial charge in [-0.05, 0) is 31.2 Å². The van der Waals surface area contributed by atoms with E-state index >= 15 is 0 Å². The fourth-order valence-electron chi connectivity index (χ4n) is 2.44. The highest BCUT2D eigenvalue weighted by atomic mass is 16.5. The van der Waals surface area contributed by atoms with Crippen LogP contribution in [0.5, 0.6) is 5.75 Å². The zero-order valence-corrected chi connectivity index (χ0v) is 11.4. The molecule has 1 unspecified atom stereocenters. The average Bonchev–Trinajstić information content (AvgIpc) is 2.47. The molecule has 20 heavy (non-hydrogen) atoms. The Morgan fingerprint density at radius 3 is 2.70 bits per heavy atom. The molecule has 1 atom stereocenters. The van der Waals surface area contributed by atoms with Gasteiger partial charge in [-0.3, -0.25) is 4.79 Å².